The van der Waals surface area contributed by atoms with Gasteiger partial charge in [-0.05, 0) is 26.0 Å². The molecule has 1 N–H and O–H groups in total. The number of nitrogens with zero attached hydrogens (tertiary/aromatic N) is 1. The van der Waals surface area contributed by atoms with Gasteiger partial charge in [-0.25, -0.2) is 9.78 Å². The van der Waals surface area contributed by atoms with Gasteiger partial charge in [0.05, 0.1) is 47.4 Å². The molecule has 0 aliphatic rings. The number of para-hydroxylation sites is 2. The number of hydrogen-bond donors (Lipinski definition) is 1. The number of nitrogens with one attached hydrogen (secondary N) is 1. The zero-order chi connectivity index (χ0) is 34.7. The quantitative estimate of drug-likeness (QED) is 0.171. The third kappa shape index (κ3) is 8.54. The molecule has 0 radical (unpaired) electrons. The maximum Gasteiger partial charge on any atom is 0.328 e. The number of ether oxygens (including phenoxy) is 8. The molecule has 0 saturated heterocycles. The number of pyridine rings is 1. The van der Waals surface area contributed by atoms with Crippen LogP contribution in [0.2, 0.25) is 0 Å². The zero-order valence-corrected chi connectivity index (χ0v) is 28.1. The largest absolute Gasteiger partial charge is 0.493 e. The molecule has 254 valence electrons. The van der Waals surface area contributed by atoms with Crippen LogP contribution in [0.15, 0.2) is 48.7 Å². The van der Waals surface area contributed by atoms with Gasteiger partial charge in [0, 0.05) is 23.4 Å². The summed E-state index contributed by atoms with van der Waals surface area (Å²) in [4.78, 5) is 42.8. The van der Waals surface area contributed by atoms with E-state index < -0.39 is 42.7 Å². The topological polar surface area (TPSA) is 150 Å². The van der Waals surface area contributed by atoms with Crippen molar-refractivity contribution in [3.8, 4) is 34.5 Å². The first-order valence-corrected chi connectivity index (χ1v) is 14.8. The van der Waals surface area contributed by atoms with E-state index in [1.807, 2.05) is 12.1 Å². The minimum Gasteiger partial charge on any atom is -0.493 e. The van der Waals surface area contributed by atoms with Crippen molar-refractivity contribution in [2.24, 2.45) is 5.92 Å². The van der Waals surface area contributed by atoms with Crippen LogP contribution in [0.3, 0.4) is 0 Å². The Bertz CT molecular complexity index is 1490. The molecule has 1 aromatic heterocycles. The number of carbonyl (C=O) groups excluding carboxylic acids is 3. The first kappa shape index (κ1) is 36.3. The summed E-state index contributed by atoms with van der Waals surface area (Å²) in [7, 11) is 7.49. The Morgan fingerprint density at radius 2 is 1.23 bits per heavy atom. The molecule has 0 spiro atoms. The average Bonchev–Trinajstić information content (AvgIpc) is 3.07. The monoisotopic (exact) mass is 654 g/mol. The molecule has 3 aromatic rings. The highest BCUT2D eigenvalue weighted by Crippen LogP contribution is 2.45. The second kappa shape index (κ2) is 16.9. The lowest BCUT2D eigenvalue weighted by atomic mass is 9.85. The minimum absolute atomic E-state index is 0.0618. The van der Waals surface area contributed by atoms with Crippen LogP contribution in [0.1, 0.15) is 55.2 Å². The summed E-state index contributed by atoms with van der Waals surface area (Å²) in [6.45, 7) is 6.08. The molecule has 0 aliphatic carbocycles. The third-order valence-corrected chi connectivity index (χ3v) is 7.19. The lowest BCUT2D eigenvalue weighted by Gasteiger charge is -2.29. The zero-order valence-electron chi connectivity index (χ0n) is 28.1. The molecule has 0 bridgehead atoms. The van der Waals surface area contributed by atoms with Gasteiger partial charge in [-0.1, -0.05) is 38.1 Å². The van der Waals surface area contributed by atoms with Crippen molar-refractivity contribution in [2.75, 3.05) is 42.3 Å². The van der Waals surface area contributed by atoms with E-state index in [9.17, 15) is 14.4 Å². The summed E-state index contributed by atoms with van der Waals surface area (Å²) in [5.41, 5.74) is 1.14. The van der Waals surface area contributed by atoms with E-state index in [2.05, 4.69) is 10.3 Å². The van der Waals surface area contributed by atoms with Gasteiger partial charge in [-0.15, -0.1) is 0 Å². The Morgan fingerprint density at radius 1 is 0.702 bits per heavy atom. The molecule has 0 aliphatic heterocycles. The molecular weight excluding hydrogens is 612 g/mol. The van der Waals surface area contributed by atoms with Gasteiger partial charge in [0.2, 0.25) is 6.79 Å². The van der Waals surface area contributed by atoms with Gasteiger partial charge in [-0.3, -0.25) is 9.59 Å². The highest BCUT2D eigenvalue weighted by molar-refractivity contribution is 5.98. The fraction of sp³-hybridized carbons (Fsp3) is 0.412. The fourth-order valence-electron chi connectivity index (χ4n) is 4.87. The second-order valence-electron chi connectivity index (χ2n) is 10.6. The molecule has 1 unspecified atom stereocenters. The van der Waals surface area contributed by atoms with Crippen molar-refractivity contribution < 1.29 is 52.3 Å². The van der Waals surface area contributed by atoms with E-state index in [1.165, 1.54) is 54.7 Å². The second-order valence-corrected chi connectivity index (χ2v) is 10.6. The summed E-state index contributed by atoms with van der Waals surface area (Å²) >= 11 is 0. The number of aromatic nitrogens is 1. The van der Waals surface area contributed by atoms with Crippen molar-refractivity contribution in [2.45, 2.75) is 45.8 Å². The van der Waals surface area contributed by atoms with Crippen LogP contribution in [-0.2, 0) is 19.1 Å². The van der Waals surface area contributed by atoms with Crippen molar-refractivity contribution in [1.29, 1.82) is 0 Å². The number of carbonyl (C=O) groups is 3. The fourth-order valence-corrected chi connectivity index (χ4v) is 4.87. The molecule has 13 heteroatoms. The molecular formula is C34H42N2O11. The minimum atomic E-state index is -1.12. The van der Waals surface area contributed by atoms with Crippen molar-refractivity contribution in [1.82, 2.24) is 10.3 Å². The number of benzene rings is 2. The number of hydrogen-bond acceptors (Lipinski definition) is 12. The predicted molar refractivity (Wildman–Crippen MR) is 171 cm³/mol. The standard InChI is InChI=1S/C34H42N2O11/c1-19(2)33(38)46-18-45-31-26(42-7)16-17-35-28(31)32(37)36-20(3)34(39)47-21(4)27(22-12-10-14-24(40-5)29(22)43-8)23-13-11-15-25(41-6)30(23)44-9/h10-17,19-21,27H,18H2,1-9H3,(H,36,37)/t20-,21?/m0/s1. The molecule has 1 amide bonds. The van der Waals surface area contributed by atoms with E-state index in [0.29, 0.717) is 34.1 Å². The molecule has 2 atom stereocenters. The van der Waals surface area contributed by atoms with Crippen LogP contribution in [0.4, 0.5) is 0 Å². The maximum atomic E-state index is 13.5. The van der Waals surface area contributed by atoms with Crippen molar-refractivity contribution in [3.63, 3.8) is 0 Å². The van der Waals surface area contributed by atoms with Gasteiger partial charge < -0.3 is 43.2 Å². The average molecular weight is 655 g/mol. The number of methoxy groups -OCH3 is 5. The summed E-state index contributed by atoms with van der Waals surface area (Å²) in [5.74, 6) is -0.965. The van der Waals surface area contributed by atoms with E-state index in [4.69, 9.17) is 37.9 Å². The van der Waals surface area contributed by atoms with Crippen LogP contribution in [0.25, 0.3) is 0 Å². The van der Waals surface area contributed by atoms with Gasteiger partial charge >= 0.3 is 11.9 Å². The van der Waals surface area contributed by atoms with E-state index >= 15 is 0 Å². The summed E-state index contributed by atoms with van der Waals surface area (Å²) in [5, 5.41) is 2.60. The molecule has 13 nitrogen and oxygen atoms in total. The SMILES string of the molecule is COc1cccc(C(c2cccc(OC)c2OC)C(C)OC(=O)[C@H](C)NC(=O)c2nccc(OC)c2OCOC(=O)C(C)C)c1OC. The number of esters is 2. The van der Waals surface area contributed by atoms with E-state index in [0.717, 1.165) is 0 Å². The Labute approximate surface area is 274 Å². The molecule has 3 rings (SSSR count). The predicted octanol–water partition coefficient (Wildman–Crippen LogP) is 4.54. The highest BCUT2D eigenvalue weighted by atomic mass is 16.7. The lowest BCUT2D eigenvalue weighted by molar-refractivity contribution is -0.154. The van der Waals surface area contributed by atoms with Crippen LogP contribution < -0.4 is 33.7 Å². The van der Waals surface area contributed by atoms with Gasteiger partial charge in [0.1, 0.15) is 12.1 Å². The maximum absolute atomic E-state index is 13.5. The van der Waals surface area contributed by atoms with Crippen LogP contribution in [0.5, 0.6) is 34.5 Å². The van der Waals surface area contributed by atoms with E-state index in [1.54, 1.807) is 45.0 Å². The number of amides is 1. The molecule has 1 heterocycles. The normalized spacial score (nSPS) is 12.1. The van der Waals surface area contributed by atoms with E-state index in [-0.39, 0.29) is 23.1 Å². The van der Waals surface area contributed by atoms with Crippen LogP contribution in [-0.4, -0.2) is 77.3 Å². The summed E-state index contributed by atoms with van der Waals surface area (Å²) < 4.78 is 44.5. The lowest BCUT2D eigenvalue weighted by Crippen LogP contribution is -2.41. The first-order valence-electron chi connectivity index (χ1n) is 14.8. The van der Waals surface area contributed by atoms with Crippen LogP contribution in [0, 0.1) is 5.92 Å². The van der Waals surface area contributed by atoms with Gasteiger partial charge in [0.25, 0.3) is 5.91 Å². The van der Waals surface area contributed by atoms with Crippen molar-refractivity contribution in [3.05, 3.63) is 65.5 Å². The Morgan fingerprint density at radius 3 is 1.72 bits per heavy atom. The van der Waals surface area contributed by atoms with Gasteiger partial charge in [-0.2, -0.15) is 0 Å². The Balaban J connectivity index is 1.90. The third-order valence-electron chi connectivity index (χ3n) is 7.19. The first-order chi connectivity index (χ1) is 22.5. The van der Waals surface area contributed by atoms with Gasteiger partial charge in [0.15, 0.2) is 40.2 Å². The summed E-state index contributed by atoms with van der Waals surface area (Å²) in [6, 6.07) is 11.2. The smallest absolute Gasteiger partial charge is 0.328 e. The Hall–Kier alpha value is -5.20. The summed E-state index contributed by atoms with van der Waals surface area (Å²) in [6.07, 6.45) is 0.535. The molecule has 2 aromatic carbocycles. The number of rotatable bonds is 16. The highest BCUT2D eigenvalue weighted by Gasteiger charge is 2.34. The van der Waals surface area contributed by atoms with Crippen LogP contribution >= 0.6 is 0 Å². The molecule has 0 saturated carbocycles. The van der Waals surface area contributed by atoms with Crippen molar-refractivity contribution >= 4 is 17.8 Å². The molecule has 47 heavy (non-hydrogen) atoms. The molecule has 0 fully saturated rings. The Kier molecular flexibility index (Phi) is 13.1.